The van der Waals surface area contributed by atoms with Crippen LogP contribution < -0.4 is 10.2 Å². The molecule has 2 heterocycles. The van der Waals surface area contributed by atoms with Crippen molar-refractivity contribution in [3.8, 4) is 0 Å². The topological polar surface area (TPSA) is 54.5 Å². The predicted octanol–water partition coefficient (Wildman–Crippen LogP) is 5.05. The summed E-state index contributed by atoms with van der Waals surface area (Å²) in [7, 11) is 2.01. The van der Waals surface area contributed by atoms with E-state index in [2.05, 4.69) is 10.2 Å². The number of nitrogens with one attached hydrogen (secondary N) is 1. The van der Waals surface area contributed by atoms with Crippen LogP contribution in [0.2, 0.25) is 0 Å². The van der Waals surface area contributed by atoms with Crippen LogP contribution >= 0.6 is 0 Å². The number of ether oxygens (including phenoxy) is 1. The fraction of sp³-hybridized carbons (Fsp3) is 0.333. The van der Waals surface area contributed by atoms with Gasteiger partial charge < -0.3 is 15.0 Å². The number of carbonyl (C=O) groups is 1. The average Bonchev–Trinajstić information content (AvgIpc) is 3.31. The lowest BCUT2D eigenvalue weighted by molar-refractivity contribution is -0.137. The molecule has 3 aromatic rings. The number of hydrogen-bond donors (Lipinski definition) is 1. The van der Waals surface area contributed by atoms with Crippen molar-refractivity contribution >= 4 is 28.3 Å². The van der Waals surface area contributed by atoms with E-state index in [0.717, 1.165) is 41.9 Å². The first-order chi connectivity index (χ1) is 15.3. The number of pyridine rings is 1. The Labute approximate surface area is 184 Å². The number of aromatic nitrogens is 1. The smallest absolute Gasteiger partial charge is 0.379 e. The van der Waals surface area contributed by atoms with Gasteiger partial charge in [0, 0.05) is 31.1 Å². The SMILES string of the molecule is CN(c1ccc2cc(NC(=O)CCc3ccc(C(F)(F)F)cc3)ccc2n1)C1CCOC1. The van der Waals surface area contributed by atoms with Gasteiger partial charge in [0.15, 0.2) is 0 Å². The van der Waals surface area contributed by atoms with E-state index in [1.165, 1.54) is 12.1 Å². The second-order valence-corrected chi connectivity index (χ2v) is 7.95. The molecule has 2 aromatic carbocycles. The summed E-state index contributed by atoms with van der Waals surface area (Å²) in [5, 5.41) is 3.76. The number of carbonyl (C=O) groups excluding carboxylic acids is 1. The number of fused-ring (bicyclic) bond motifs is 1. The highest BCUT2D eigenvalue weighted by molar-refractivity contribution is 5.94. The lowest BCUT2D eigenvalue weighted by atomic mass is 10.1. The molecule has 0 radical (unpaired) electrons. The summed E-state index contributed by atoms with van der Waals surface area (Å²) in [5.74, 6) is 0.677. The Morgan fingerprint density at radius 2 is 1.94 bits per heavy atom. The molecular formula is C24H24F3N3O2. The maximum atomic E-state index is 12.6. The van der Waals surface area contributed by atoms with Crippen LogP contribution in [-0.4, -0.2) is 37.2 Å². The number of hydrogen-bond acceptors (Lipinski definition) is 4. The van der Waals surface area contributed by atoms with Gasteiger partial charge in [-0.1, -0.05) is 12.1 Å². The van der Waals surface area contributed by atoms with E-state index in [4.69, 9.17) is 9.72 Å². The van der Waals surface area contributed by atoms with Crippen LogP contribution in [0.1, 0.15) is 24.0 Å². The molecule has 5 nitrogen and oxygen atoms in total. The standard InChI is InChI=1S/C24H24F3N3O2/c1-30(20-12-13-32-15-20)22-10-5-17-14-19(8-9-21(17)29-22)28-23(31)11-4-16-2-6-18(7-3-16)24(25,26)27/h2-3,5-10,14,20H,4,11-13,15H2,1H3,(H,28,31). The van der Waals surface area contributed by atoms with Gasteiger partial charge >= 0.3 is 6.18 Å². The summed E-state index contributed by atoms with van der Waals surface area (Å²) in [4.78, 5) is 19.2. The fourth-order valence-electron chi connectivity index (χ4n) is 3.75. The van der Waals surface area contributed by atoms with E-state index >= 15 is 0 Å². The number of benzene rings is 2. The van der Waals surface area contributed by atoms with Crippen LogP contribution in [0.3, 0.4) is 0 Å². The minimum atomic E-state index is -4.36. The van der Waals surface area contributed by atoms with Crippen molar-refractivity contribution in [1.82, 2.24) is 4.98 Å². The van der Waals surface area contributed by atoms with Crippen molar-refractivity contribution in [3.05, 3.63) is 65.7 Å². The molecule has 168 valence electrons. The number of nitrogens with zero attached hydrogens (tertiary/aromatic N) is 2. The van der Waals surface area contributed by atoms with Gasteiger partial charge in [0.2, 0.25) is 5.91 Å². The third kappa shape index (κ3) is 5.19. The molecule has 1 unspecified atom stereocenters. The van der Waals surface area contributed by atoms with Crippen LogP contribution in [0.25, 0.3) is 10.9 Å². The van der Waals surface area contributed by atoms with E-state index in [0.29, 0.717) is 30.3 Å². The largest absolute Gasteiger partial charge is 0.416 e. The lowest BCUT2D eigenvalue weighted by Crippen LogP contribution is -2.32. The van der Waals surface area contributed by atoms with Gasteiger partial charge in [-0.25, -0.2) is 4.98 Å². The summed E-state index contributed by atoms with van der Waals surface area (Å²) >= 11 is 0. The second-order valence-electron chi connectivity index (χ2n) is 7.95. The molecule has 1 aromatic heterocycles. The van der Waals surface area contributed by atoms with Crippen molar-refractivity contribution in [2.75, 3.05) is 30.5 Å². The van der Waals surface area contributed by atoms with Crippen LogP contribution in [0.15, 0.2) is 54.6 Å². The number of amides is 1. The van der Waals surface area contributed by atoms with Gasteiger partial charge in [-0.05, 0) is 60.9 Å². The lowest BCUT2D eigenvalue weighted by Gasteiger charge is -2.24. The Balaban J connectivity index is 1.36. The average molecular weight is 443 g/mol. The first-order valence-corrected chi connectivity index (χ1v) is 10.5. The van der Waals surface area contributed by atoms with Gasteiger partial charge in [-0.2, -0.15) is 13.2 Å². The molecule has 1 atom stereocenters. The van der Waals surface area contributed by atoms with Crippen molar-refractivity contribution in [2.45, 2.75) is 31.5 Å². The summed E-state index contributed by atoms with van der Waals surface area (Å²) in [6, 6.07) is 14.7. The number of alkyl halides is 3. The molecule has 1 aliphatic rings. The third-order valence-electron chi connectivity index (χ3n) is 5.69. The zero-order valence-corrected chi connectivity index (χ0v) is 17.7. The molecule has 1 N–H and O–H groups in total. The summed E-state index contributed by atoms with van der Waals surface area (Å²) in [5.41, 5.74) is 1.47. The predicted molar refractivity (Wildman–Crippen MR) is 118 cm³/mol. The second kappa shape index (κ2) is 9.16. The minimum Gasteiger partial charge on any atom is -0.379 e. The van der Waals surface area contributed by atoms with E-state index in [1.54, 1.807) is 6.07 Å². The number of halogens is 3. The summed E-state index contributed by atoms with van der Waals surface area (Å²) in [6.45, 7) is 1.47. The van der Waals surface area contributed by atoms with Crippen LogP contribution in [0.4, 0.5) is 24.7 Å². The Morgan fingerprint density at radius 3 is 2.62 bits per heavy atom. The number of rotatable bonds is 6. The first kappa shape index (κ1) is 22.1. The Morgan fingerprint density at radius 1 is 1.16 bits per heavy atom. The van der Waals surface area contributed by atoms with Gasteiger partial charge in [0.1, 0.15) is 5.82 Å². The van der Waals surface area contributed by atoms with Crippen molar-refractivity contribution in [2.24, 2.45) is 0 Å². The summed E-state index contributed by atoms with van der Waals surface area (Å²) in [6.07, 6.45) is -2.84. The molecular weight excluding hydrogens is 419 g/mol. The van der Waals surface area contributed by atoms with E-state index in [1.807, 2.05) is 31.3 Å². The van der Waals surface area contributed by atoms with Gasteiger partial charge in [-0.15, -0.1) is 0 Å². The molecule has 1 amide bonds. The van der Waals surface area contributed by atoms with E-state index in [9.17, 15) is 18.0 Å². The maximum absolute atomic E-state index is 12.6. The third-order valence-corrected chi connectivity index (χ3v) is 5.69. The fourth-order valence-corrected chi connectivity index (χ4v) is 3.75. The van der Waals surface area contributed by atoms with Crippen LogP contribution in [0, 0.1) is 0 Å². The first-order valence-electron chi connectivity index (χ1n) is 10.5. The molecule has 32 heavy (non-hydrogen) atoms. The Hall–Kier alpha value is -3.13. The molecule has 4 rings (SSSR count). The summed E-state index contributed by atoms with van der Waals surface area (Å²) < 4.78 is 43.4. The quantitative estimate of drug-likeness (QED) is 0.579. The normalized spacial score (nSPS) is 16.3. The Kier molecular flexibility index (Phi) is 6.32. The zero-order valence-electron chi connectivity index (χ0n) is 17.7. The van der Waals surface area contributed by atoms with Gasteiger partial charge in [0.05, 0.1) is 23.7 Å². The number of likely N-dealkylation sites (N-methyl/N-ethyl adjacent to an activating group) is 1. The van der Waals surface area contributed by atoms with E-state index < -0.39 is 11.7 Å². The molecule has 1 fully saturated rings. The van der Waals surface area contributed by atoms with Crippen molar-refractivity contribution in [3.63, 3.8) is 0 Å². The Bertz CT molecular complexity index is 1090. The highest BCUT2D eigenvalue weighted by atomic mass is 19.4. The molecule has 0 spiro atoms. The zero-order chi connectivity index (χ0) is 22.7. The monoisotopic (exact) mass is 443 g/mol. The molecule has 1 saturated heterocycles. The maximum Gasteiger partial charge on any atom is 0.416 e. The van der Waals surface area contributed by atoms with Crippen molar-refractivity contribution in [1.29, 1.82) is 0 Å². The van der Waals surface area contributed by atoms with Crippen LogP contribution in [0.5, 0.6) is 0 Å². The molecule has 0 bridgehead atoms. The number of aryl methyl sites for hydroxylation is 1. The molecule has 0 aliphatic carbocycles. The van der Waals surface area contributed by atoms with Crippen LogP contribution in [-0.2, 0) is 22.1 Å². The van der Waals surface area contributed by atoms with Gasteiger partial charge in [0.25, 0.3) is 0 Å². The van der Waals surface area contributed by atoms with E-state index in [-0.39, 0.29) is 12.3 Å². The highest BCUT2D eigenvalue weighted by Gasteiger charge is 2.29. The minimum absolute atomic E-state index is 0.175. The van der Waals surface area contributed by atoms with Gasteiger partial charge in [-0.3, -0.25) is 4.79 Å². The molecule has 1 aliphatic heterocycles. The van der Waals surface area contributed by atoms with Crippen molar-refractivity contribution < 1.29 is 22.7 Å². The number of anilines is 2. The molecule has 8 heteroatoms. The highest BCUT2D eigenvalue weighted by Crippen LogP contribution is 2.29. The molecule has 0 saturated carbocycles.